The Kier molecular flexibility index (Phi) is 3.64. The maximum Gasteiger partial charge on any atom is 0.134 e. The van der Waals surface area contributed by atoms with Crippen LogP contribution in [-0.4, -0.2) is 18.1 Å². The Bertz CT molecular complexity index is 490. The summed E-state index contributed by atoms with van der Waals surface area (Å²) in [7, 11) is 0. The molecule has 0 spiro atoms. The molecule has 2 rings (SSSR count). The summed E-state index contributed by atoms with van der Waals surface area (Å²) in [5.74, 6) is 0.980. The van der Waals surface area contributed by atoms with Gasteiger partial charge in [-0.3, -0.25) is 0 Å². The molecule has 0 bridgehead atoms. The quantitative estimate of drug-likeness (QED) is 0.856. The van der Waals surface area contributed by atoms with Crippen molar-refractivity contribution in [2.75, 3.05) is 18.4 Å². The number of hydrogen-bond donors (Lipinski definition) is 2. The highest BCUT2D eigenvalue weighted by molar-refractivity contribution is 7.17. The molecule has 0 amide bonds. The van der Waals surface area contributed by atoms with Crippen molar-refractivity contribution >= 4 is 27.2 Å². The summed E-state index contributed by atoms with van der Waals surface area (Å²) in [5.41, 5.74) is 5.82. The average molecular weight is 249 g/mol. The van der Waals surface area contributed by atoms with Gasteiger partial charge in [0.25, 0.3) is 0 Å². The first kappa shape index (κ1) is 12.3. The molecule has 0 fully saturated rings. The van der Waals surface area contributed by atoms with E-state index in [1.165, 1.54) is 10.1 Å². The molecule has 0 aliphatic heterocycles. The predicted molar refractivity (Wildman–Crippen MR) is 75.6 cm³/mol. The monoisotopic (exact) mass is 249 g/mol. The Morgan fingerprint density at radius 3 is 3.00 bits per heavy atom. The maximum absolute atomic E-state index is 5.62. The third-order valence-corrected chi connectivity index (χ3v) is 3.82. The Morgan fingerprint density at radius 2 is 2.24 bits per heavy atom. The fraction of sp³-hybridized carbons (Fsp3) is 0.462. The van der Waals surface area contributed by atoms with Gasteiger partial charge in [0.05, 0.1) is 0 Å². The number of nitrogens with two attached hydrogens (primary N) is 1. The normalized spacial score (nSPS) is 11.9. The van der Waals surface area contributed by atoms with E-state index in [1.807, 2.05) is 6.20 Å². The van der Waals surface area contributed by atoms with E-state index in [2.05, 4.69) is 41.7 Å². The first-order valence-corrected chi connectivity index (χ1v) is 6.76. The lowest BCUT2D eigenvalue weighted by atomic mass is 9.89. The van der Waals surface area contributed by atoms with Crippen LogP contribution in [0.2, 0.25) is 0 Å². The van der Waals surface area contributed by atoms with Crippen molar-refractivity contribution in [1.82, 2.24) is 4.98 Å². The standard InChI is InChI=1S/C13H19N3S/c1-13(2,5-6-14)9-16-12-10-4-8-17-11(10)3-7-15-12/h3-4,7-8H,5-6,9,14H2,1-2H3,(H,15,16). The molecule has 0 unspecified atom stereocenters. The topological polar surface area (TPSA) is 50.9 Å². The van der Waals surface area contributed by atoms with Gasteiger partial charge >= 0.3 is 0 Å². The first-order valence-electron chi connectivity index (χ1n) is 5.88. The van der Waals surface area contributed by atoms with Crippen LogP contribution in [0, 0.1) is 5.41 Å². The average Bonchev–Trinajstić information content (AvgIpc) is 2.74. The fourth-order valence-electron chi connectivity index (χ4n) is 1.84. The zero-order chi connectivity index (χ0) is 12.3. The van der Waals surface area contributed by atoms with E-state index in [-0.39, 0.29) is 5.41 Å². The van der Waals surface area contributed by atoms with E-state index in [1.54, 1.807) is 11.3 Å². The zero-order valence-electron chi connectivity index (χ0n) is 10.4. The van der Waals surface area contributed by atoms with Crippen LogP contribution >= 0.6 is 11.3 Å². The summed E-state index contributed by atoms with van der Waals surface area (Å²) < 4.78 is 1.28. The van der Waals surface area contributed by atoms with Crippen molar-refractivity contribution < 1.29 is 0 Å². The number of hydrogen-bond acceptors (Lipinski definition) is 4. The van der Waals surface area contributed by atoms with E-state index in [4.69, 9.17) is 5.73 Å². The highest BCUT2D eigenvalue weighted by atomic mass is 32.1. The van der Waals surface area contributed by atoms with Crippen molar-refractivity contribution in [3.8, 4) is 0 Å². The molecule has 0 aromatic carbocycles. The second kappa shape index (κ2) is 5.02. The Labute approximate surface area is 106 Å². The molecule has 0 atom stereocenters. The molecular formula is C13H19N3S. The highest BCUT2D eigenvalue weighted by Gasteiger charge is 2.17. The van der Waals surface area contributed by atoms with Crippen molar-refractivity contribution in [3.05, 3.63) is 23.7 Å². The molecule has 0 aliphatic carbocycles. The second-order valence-electron chi connectivity index (χ2n) is 5.05. The number of pyridine rings is 1. The number of anilines is 1. The van der Waals surface area contributed by atoms with Crippen molar-refractivity contribution in [3.63, 3.8) is 0 Å². The number of nitrogens with one attached hydrogen (secondary N) is 1. The van der Waals surface area contributed by atoms with Gasteiger partial charge in [0.1, 0.15) is 5.82 Å². The maximum atomic E-state index is 5.62. The number of rotatable bonds is 5. The third kappa shape index (κ3) is 2.96. The Balaban J connectivity index is 2.11. The Hall–Kier alpha value is -1.13. The largest absolute Gasteiger partial charge is 0.369 e. The molecule has 2 aromatic rings. The van der Waals surface area contributed by atoms with Crippen LogP contribution in [0.4, 0.5) is 5.82 Å². The molecule has 3 N–H and O–H groups in total. The van der Waals surface area contributed by atoms with Gasteiger partial charge in [-0.25, -0.2) is 4.98 Å². The van der Waals surface area contributed by atoms with E-state index in [9.17, 15) is 0 Å². The molecule has 0 radical (unpaired) electrons. The van der Waals surface area contributed by atoms with Gasteiger partial charge in [0.15, 0.2) is 0 Å². The van der Waals surface area contributed by atoms with Gasteiger partial charge in [-0.05, 0) is 35.9 Å². The highest BCUT2D eigenvalue weighted by Crippen LogP contribution is 2.27. The van der Waals surface area contributed by atoms with Gasteiger partial charge in [0, 0.05) is 22.8 Å². The van der Waals surface area contributed by atoms with Gasteiger partial charge in [0.2, 0.25) is 0 Å². The summed E-state index contributed by atoms with van der Waals surface area (Å²) in [6.45, 7) is 6.07. The second-order valence-corrected chi connectivity index (χ2v) is 6.00. The molecule has 92 valence electrons. The van der Waals surface area contributed by atoms with Crippen LogP contribution in [-0.2, 0) is 0 Å². The summed E-state index contributed by atoms with van der Waals surface area (Å²) >= 11 is 1.75. The van der Waals surface area contributed by atoms with Crippen LogP contribution in [0.3, 0.4) is 0 Å². The SMILES string of the molecule is CC(C)(CCN)CNc1nccc2sccc12. The van der Waals surface area contributed by atoms with Gasteiger partial charge in [-0.2, -0.15) is 0 Å². The lowest BCUT2D eigenvalue weighted by molar-refractivity contribution is 0.365. The van der Waals surface area contributed by atoms with Crippen LogP contribution < -0.4 is 11.1 Å². The third-order valence-electron chi connectivity index (χ3n) is 2.94. The van der Waals surface area contributed by atoms with Crippen LogP contribution in [0.25, 0.3) is 10.1 Å². The smallest absolute Gasteiger partial charge is 0.134 e. The number of fused-ring (bicyclic) bond motifs is 1. The molecular weight excluding hydrogens is 230 g/mol. The minimum atomic E-state index is 0.203. The zero-order valence-corrected chi connectivity index (χ0v) is 11.2. The molecule has 3 nitrogen and oxygen atoms in total. The minimum Gasteiger partial charge on any atom is -0.369 e. The minimum absolute atomic E-state index is 0.203. The van der Waals surface area contributed by atoms with Crippen molar-refractivity contribution in [1.29, 1.82) is 0 Å². The van der Waals surface area contributed by atoms with Crippen molar-refractivity contribution in [2.45, 2.75) is 20.3 Å². The first-order chi connectivity index (χ1) is 8.12. The molecule has 2 aromatic heterocycles. The molecule has 2 heterocycles. The number of aromatic nitrogens is 1. The van der Waals surface area contributed by atoms with Crippen LogP contribution in [0.5, 0.6) is 0 Å². The number of nitrogens with zero attached hydrogens (tertiary/aromatic N) is 1. The van der Waals surface area contributed by atoms with E-state index < -0.39 is 0 Å². The fourth-order valence-corrected chi connectivity index (χ4v) is 2.62. The van der Waals surface area contributed by atoms with E-state index in [0.717, 1.165) is 25.3 Å². The van der Waals surface area contributed by atoms with Crippen LogP contribution in [0.1, 0.15) is 20.3 Å². The molecule has 0 aliphatic rings. The summed E-state index contributed by atoms with van der Waals surface area (Å²) in [4.78, 5) is 4.41. The van der Waals surface area contributed by atoms with Gasteiger partial charge in [-0.15, -0.1) is 11.3 Å². The molecule has 17 heavy (non-hydrogen) atoms. The Morgan fingerprint density at radius 1 is 1.41 bits per heavy atom. The van der Waals surface area contributed by atoms with Crippen molar-refractivity contribution in [2.24, 2.45) is 11.1 Å². The van der Waals surface area contributed by atoms with Crippen LogP contribution in [0.15, 0.2) is 23.7 Å². The predicted octanol–water partition coefficient (Wildman–Crippen LogP) is 3.08. The lowest BCUT2D eigenvalue weighted by Crippen LogP contribution is -2.26. The molecule has 0 saturated carbocycles. The van der Waals surface area contributed by atoms with Gasteiger partial charge < -0.3 is 11.1 Å². The summed E-state index contributed by atoms with van der Waals surface area (Å²) in [6.07, 6.45) is 2.87. The molecule has 0 saturated heterocycles. The summed E-state index contributed by atoms with van der Waals surface area (Å²) in [5, 5.41) is 6.75. The van der Waals surface area contributed by atoms with E-state index >= 15 is 0 Å². The molecule has 4 heteroatoms. The number of thiophene rings is 1. The summed E-state index contributed by atoms with van der Waals surface area (Å²) in [6, 6.07) is 4.17. The lowest BCUT2D eigenvalue weighted by Gasteiger charge is -2.24. The van der Waals surface area contributed by atoms with E-state index in [0.29, 0.717) is 0 Å². The van der Waals surface area contributed by atoms with Gasteiger partial charge in [-0.1, -0.05) is 13.8 Å².